The second-order valence-electron chi connectivity index (χ2n) is 22.2. The number of allylic oxidation sites excluding steroid dienone is 2. The highest BCUT2D eigenvalue weighted by Gasteiger charge is 2.68. The van der Waals surface area contributed by atoms with Gasteiger partial charge in [-0.05, 0) is 79.1 Å². The molecule has 2 aliphatic rings. The van der Waals surface area contributed by atoms with Crippen molar-refractivity contribution in [1.29, 1.82) is 0 Å². The Morgan fingerprint density at radius 1 is 0.511 bits per heavy atom. The summed E-state index contributed by atoms with van der Waals surface area (Å²) in [5.74, 6) is -0.215. The van der Waals surface area contributed by atoms with Crippen LogP contribution >= 0.6 is 0 Å². The first kappa shape index (κ1) is 40.5. The van der Waals surface area contributed by atoms with Crippen LogP contribution in [0.1, 0.15) is 151 Å². The van der Waals surface area contributed by atoms with Crippen LogP contribution < -0.4 is 0 Å². The number of hydrogen-bond donors (Lipinski definition) is 4. The van der Waals surface area contributed by atoms with Crippen molar-refractivity contribution in [3.8, 4) is 0 Å². The molecule has 0 spiro atoms. The van der Waals surface area contributed by atoms with Crippen molar-refractivity contribution in [3.05, 3.63) is 22.3 Å². The molecule has 0 saturated heterocycles. The van der Waals surface area contributed by atoms with Crippen molar-refractivity contribution < 1.29 is 20.4 Å². The van der Waals surface area contributed by atoms with Crippen LogP contribution in [0.15, 0.2) is 22.3 Å². The fourth-order valence-electron chi connectivity index (χ4n) is 12.5. The van der Waals surface area contributed by atoms with E-state index in [1.807, 2.05) is 0 Å². The molecule has 0 bridgehead atoms. The average molecular weight is 633 g/mol. The second-order valence-corrected chi connectivity index (χ2v) is 22.2. The van der Waals surface area contributed by atoms with Crippen LogP contribution in [0.3, 0.4) is 0 Å². The van der Waals surface area contributed by atoms with E-state index in [-0.39, 0.29) is 55.2 Å². The summed E-state index contributed by atoms with van der Waals surface area (Å²) in [4.78, 5) is 0. The van der Waals surface area contributed by atoms with Gasteiger partial charge in [0.25, 0.3) is 0 Å². The Bertz CT molecular complexity index is 1070. The zero-order valence-corrected chi connectivity index (χ0v) is 33.5. The Hall–Kier alpha value is -0.680. The van der Waals surface area contributed by atoms with Crippen molar-refractivity contribution in [2.24, 2.45) is 60.6 Å². The summed E-state index contributed by atoms with van der Waals surface area (Å²) in [6.07, 6.45) is 1.87. The molecule has 0 heterocycles. The van der Waals surface area contributed by atoms with Gasteiger partial charge in [0.05, 0.1) is 25.2 Å². The minimum absolute atomic E-state index is 0.108. The lowest BCUT2D eigenvalue weighted by Gasteiger charge is -2.66. The molecule has 2 aliphatic carbocycles. The molecule has 2 unspecified atom stereocenters. The van der Waals surface area contributed by atoms with Gasteiger partial charge in [-0.25, -0.2) is 0 Å². The minimum atomic E-state index is -1.85. The molecule has 0 aliphatic heterocycles. The van der Waals surface area contributed by atoms with Crippen LogP contribution in [0.25, 0.3) is 0 Å². The van der Waals surface area contributed by atoms with E-state index in [1.165, 1.54) is 11.1 Å². The molecule has 0 fully saturated rings. The van der Waals surface area contributed by atoms with Gasteiger partial charge in [-0.1, -0.05) is 150 Å². The molecule has 0 amide bonds. The molecule has 264 valence electrons. The van der Waals surface area contributed by atoms with E-state index in [2.05, 4.69) is 138 Å². The Morgan fingerprint density at radius 2 is 0.756 bits per heavy atom. The van der Waals surface area contributed by atoms with Gasteiger partial charge in [-0.3, -0.25) is 0 Å². The van der Waals surface area contributed by atoms with Crippen LogP contribution in [-0.4, -0.2) is 45.8 Å². The monoisotopic (exact) mass is 633 g/mol. The molecule has 45 heavy (non-hydrogen) atoms. The third kappa shape index (κ3) is 6.67. The van der Waals surface area contributed by atoms with Gasteiger partial charge in [-0.2, -0.15) is 0 Å². The average Bonchev–Trinajstić information content (AvgIpc) is 2.72. The Labute approximate surface area is 279 Å². The van der Waals surface area contributed by atoms with Crippen molar-refractivity contribution in [2.45, 2.75) is 157 Å². The molecule has 0 saturated carbocycles. The van der Waals surface area contributed by atoms with Gasteiger partial charge < -0.3 is 20.4 Å². The Morgan fingerprint density at radius 3 is 0.933 bits per heavy atom. The zero-order chi connectivity index (χ0) is 36.0. The van der Waals surface area contributed by atoms with Crippen molar-refractivity contribution in [2.75, 3.05) is 19.8 Å². The zero-order valence-electron chi connectivity index (χ0n) is 33.5. The predicted octanol–water partition coefficient (Wildman–Crippen LogP) is 9.60. The SMILES string of the molecule is CC(C)(C)C1=C(C(O)(C2=C(C(C)(C)C)C(C)(C)CC(C)(C)C2C(C)(C)C)C(CO)(CO)CO)C(C(C)(C)C)C(C)(C)CC1(C)C. The number of rotatable bonds is 6. The molecule has 0 aromatic carbocycles. The molecule has 2 rings (SSSR count). The smallest absolute Gasteiger partial charge is 0.120 e. The Balaban J connectivity index is 3.74. The largest absolute Gasteiger partial charge is 0.395 e. The van der Waals surface area contributed by atoms with E-state index in [9.17, 15) is 20.4 Å². The summed E-state index contributed by atoms with van der Waals surface area (Å²) in [6.45, 7) is 44.0. The van der Waals surface area contributed by atoms with Crippen LogP contribution in [0.2, 0.25) is 0 Å². The van der Waals surface area contributed by atoms with Gasteiger partial charge in [0.15, 0.2) is 0 Å². The molecule has 2 atom stereocenters. The van der Waals surface area contributed by atoms with Crippen LogP contribution in [0, 0.1) is 60.6 Å². The maximum atomic E-state index is 14.6. The quantitative estimate of drug-likeness (QED) is 0.220. The summed E-state index contributed by atoms with van der Waals surface area (Å²) in [5.41, 5.74) is -1.54. The van der Waals surface area contributed by atoms with E-state index < -0.39 is 30.8 Å². The predicted molar refractivity (Wildman–Crippen MR) is 192 cm³/mol. The number of aliphatic hydroxyl groups excluding tert-OH is 3. The number of aliphatic hydroxyl groups is 4. The fourth-order valence-corrected chi connectivity index (χ4v) is 12.5. The number of hydrogen-bond acceptors (Lipinski definition) is 4. The molecule has 4 nitrogen and oxygen atoms in total. The van der Waals surface area contributed by atoms with Crippen LogP contribution in [0.5, 0.6) is 0 Å². The molecule has 0 aromatic heterocycles. The molecular formula is C41H76O4. The lowest BCUT2D eigenvalue weighted by Crippen LogP contribution is -2.66. The van der Waals surface area contributed by atoms with Crippen molar-refractivity contribution >= 4 is 0 Å². The van der Waals surface area contributed by atoms with E-state index in [0.29, 0.717) is 0 Å². The van der Waals surface area contributed by atoms with Crippen molar-refractivity contribution in [3.63, 3.8) is 0 Å². The normalized spacial score (nSPS) is 27.5. The molecular weight excluding hydrogens is 556 g/mol. The Kier molecular flexibility index (Phi) is 10.3. The first-order chi connectivity index (χ1) is 19.6. The highest BCUT2D eigenvalue weighted by molar-refractivity contribution is 5.53. The summed E-state index contributed by atoms with van der Waals surface area (Å²) in [6, 6.07) is 0. The van der Waals surface area contributed by atoms with E-state index >= 15 is 0 Å². The molecule has 4 heteroatoms. The van der Waals surface area contributed by atoms with E-state index in [0.717, 1.165) is 24.0 Å². The van der Waals surface area contributed by atoms with Crippen LogP contribution in [-0.2, 0) is 0 Å². The summed E-state index contributed by atoms with van der Waals surface area (Å²) in [7, 11) is 0. The fraction of sp³-hybridized carbons (Fsp3) is 0.902. The lowest BCUT2D eigenvalue weighted by atomic mass is 9.40. The van der Waals surface area contributed by atoms with E-state index in [4.69, 9.17) is 0 Å². The van der Waals surface area contributed by atoms with Crippen molar-refractivity contribution in [1.82, 2.24) is 0 Å². The maximum absolute atomic E-state index is 14.6. The molecule has 4 N–H and O–H groups in total. The van der Waals surface area contributed by atoms with Gasteiger partial charge in [0.1, 0.15) is 5.60 Å². The van der Waals surface area contributed by atoms with Gasteiger partial charge in [0.2, 0.25) is 0 Å². The van der Waals surface area contributed by atoms with Crippen LogP contribution in [0.4, 0.5) is 0 Å². The lowest BCUT2D eigenvalue weighted by molar-refractivity contribution is -0.145. The first-order valence-corrected chi connectivity index (χ1v) is 17.6. The highest BCUT2D eigenvalue weighted by atomic mass is 16.3. The van der Waals surface area contributed by atoms with Gasteiger partial charge in [0, 0.05) is 0 Å². The summed E-state index contributed by atoms with van der Waals surface area (Å²) < 4.78 is 0. The molecule has 0 aromatic rings. The first-order valence-electron chi connectivity index (χ1n) is 17.6. The maximum Gasteiger partial charge on any atom is 0.120 e. The molecule has 0 radical (unpaired) electrons. The van der Waals surface area contributed by atoms with E-state index in [1.54, 1.807) is 0 Å². The summed E-state index contributed by atoms with van der Waals surface area (Å²) >= 11 is 0. The third-order valence-corrected chi connectivity index (χ3v) is 11.5. The third-order valence-electron chi connectivity index (χ3n) is 11.5. The second kappa shape index (κ2) is 11.4. The van der Waals surface area contributed by atoms with Gasteiger partial charge in [-0.15, -0.1) is 0 Å². The minimum Gasteiger partial charge on any atom is -0.395 e. The van der Waals surface area contributed by atoms with Gasteiger partial charge >= 0.3 is 0 Å². The standard InChI is InChI=1S/C41H76O4/c1-32(2,3)28-26(29(33(4,5)6)37(15,16)21-36(28,13)14)41(45,40(23-42,24-43)25-44)27-30(34(7,8)9)38(17,18)22-39(19,20)31(27)35(10,11)12/h28,30,42-45H,21-25H2,1-20H3. The summed E-state index contributed by atoms with van der Waals surface area (Å²) in [5, 5.41) is 49.2. The highest BCUT2D eigenvalue weighted by Crippen LogP contribution is 2.70. The topological polar surface area (TPSA) is 80.9 Å².